The van der Waals surface area contributed by atoms with Gasteiger partial charge in [0.2, 0.25) is 0 Å². The second-order valence-corrected chi connectivity index (χ2v) is 7.48. The van der Waals surface area contributed by atoms with E-state index < -0.39 is 5.91 Å². The van der Waals surface area contributed by atoms with Crippen LogP contribution in [0.5, 0.6) is 5.75 Å². The molecular formula is C20H17N3O3S2. The minimum absolute atomic E-state index is 0.00885. The predicted molar refractivity (Wildman–Crippen MR) is 111 cm³/mol. The number of furan rings is 1. The Kier molecular flexibility index (Phi) is 6.89. The average molecular weight is 412 g/mol. The first-order valence-corrected chi connectivity index (χ1v) is 10.3. The second-order valence-electron chi connectivity index (χ2n) is 5.60. The molecule has 0 unspecified atom stereocenters. The number of rotatable bonds is 8. The second kappa shape index (κ2) is 9.78. The Hall–Kier alpha value is -3.02. The van der Waals surface area contributed by atoms with Gasteiger partial charge >= 0.3 is 0 Å². The molecule has 0 aliphatic carbocycles. The fourth-order valence-electron chi connectivity index (χ4n) is 2.42. The number of methoxy groups -OCH3 is 1. The zero-order valence-corrected chi connectivity index (χ0v) is 16.7. The third kappa shape index (κ3) is 5.25. The summed E-state index contributed by atoms with van der Waals surface area (Å²) in [5, 5.41) is 14.2. The summed E-state index contributed by atoms with van der Waals surface area (Å²) in [6, 6.07) is 11.3. The number of nitrogens with zero attached hydrogens (tertiary/aromatic N) is 2. The molecule has 0 fully saturated rings. The summed E-state index contributed by atoms with van der Waals surface area (Å²) < 4.78 is 10.8. The molecule has 0 spiro atoms. The number of aromatic nitrogens is 1. The first kappa shape index (κ1) is 19.7. The first-order chi connectivity index (χ1) is 13.7. The maximum atomic E-state index is 12.3. The van der Waals surface area contributed by atoms with Gasteiger partial charge in [-0.25, -0.2) is 4.98 Å². The number of benzene rings is 1. The van der Waals surface area contributed by atoms with E-state index in [1.807, 2.05) is 36.4 Å². The predicted octanol–water partition coefficient (Wildman–Crippen LogP) is 4.72. The lowest BCUT2D eigenvalue weighted by Gasteiger charge is -2.09. The van der Waals surface area contributed by atoms with Gasteiger partial charge in [0.05, 0.1) is 19.1 Å². The molecule has 142 valence electrons. The Morgan fingerprint density at radius 1 is 1.43 bits per heavy atom. The maximum absolute atomic E-state index is 12.3. The largest absolute Gasteiger partial charge is 0.496 e. The fraction of sp³-hybridized carbons (Fsp3) is 0.150. The van der Waals surface area contributed by atoms with Gasteiger partial charge in [-0.1, -0.05) is 6.07 Å². The van der Waals surface area contributed by atoms with Crippen LogP contribution < -0.4 is 10.1 Å². The molecule has 3 rings (SSSR count). The van der Waals surface area contributed by atoms with E-state index in [9.17, 15) is 10.1 Å². The third-order valence-corrected chi connectivity index (χ3v) is 5.41. The van der Waals surface area contributed by atoms with Gasteiger partial charge in [-0.05, 0) is 35.9 Å². The highest BCUT2D eigenvalue weighted by atomic mass is 32.2. The molecule has 0 aliphatic heterocycles. The van der Waals surface area contributed by atoms with E-state index in [4.69, 9.17) is 9.15 Å². The molecule has 0 saturated carbocycles. The summed E-state index contributed by atoms with van der Waals surface area (Å²) >= 11 is 2.98. The number of amides is 1. The van der Waals surface area contributed by atoms with Gasteiger partial charge in [0.25, 0.3) is 5.91 Å². The molecule has 0 saturated heterocycles. The van der Waals surface area contributed by atoms with Crippen LogP contribution in [0, 0.1) is 11.3 Å². The van der Waals surface area contributed by atoms with Crippen molar-refractivity contribution in [2.24, 2.45) is 0 Å². The van der Waals surface area contributed by atoms with Crippen LogP contribution in [0.15, 0.2) is 58.2 Å². The number of thioether (sulfide) groups is 1. The molecule has 0 radical (unpaired) electrons. The van der Waals surface area contributed by atoms with Crippen LogP contribution in [-0.4, -0.2) is 18.0 Å². The fourth-order valence-corrected chi connectivity index (χ4v) is 3.86. The molecule has 28 heavy (non-hydrogen) atoms. The van der Waals surface area contributed by atoms with Gasteiger partial charge in [-0.2, -0.15) is 5.26 Å². The quantitative estimate of drug-likeness (QED) is 0.426. The Labute approximate surface area is 170 Å². The van der Waals surface area contributed by atoms with Gasteiger partial charge < -0.3 is 9.15 Å². The monoisotopic (exact) mass is 411 g/mol. The summed E-state index contributed by atoms with van der Waals surface area (Å²) in [5.74, 6) is 2.64. The minimum Gasteiger partial charge on any atom is -0.496 e. The maximum Gasteiger partial charge on any atom is 0.268 e. The number of carbonyl (C=O) groups excluding carboxylic acids is 1. The number of hydrogen-bond acceptors (Lipinski definition) is 7. The molecular weight excluding hydrogens is 394 g/mol. The number of ether oxygens (including phenoxy) is 1. The molecule has 0 atom stereocenters. The average Bonchev–Trinajstić information content (AvgIpc) is 3.40. The molecule has 6 nitrogen and oxygen atoms in total. The van der Waals surface area contributed by atoms with Gasteiger partial charge in [-0.3, -0.25) is 10.1 Å². The standard InChI is InChI=1S/C20H17N3O3S2/c1-25-18-5-4-14(10-16(18)12-27-13-17-3-2-7-26-17)9-15(11-21)19(24)23-20-22-6-8-28-20/h2-10H,12-13H2,1H3,(H,22,23,24). The van der Waals surface area contributed by atoms with Crippen LogP contribution in [0.25, 0.3) is 6.08 Å². The van der Waals surface area contributed by atoms with Crippen LogP contribution in [-0.2, 0) is 16.3 Å². The van der Waals surface area contributed by atoms with Crippen LogP contribution in [0.1, 0.15) is 16.9 Å². The topological polar surface area (TPSA) is 88.1 Å². The van der Waals surface area contributed by atoms with E-state index in [0.717, 1.165) is 28.4 Å². The first-order valence-electron chi connectivity index (χ1n) is 8.29. The van der Waals surface area contributed by atoms with Gasteiger partial charge in [-0.15, -0.1) is 23.1 Å². The van der Waals surface area contributed by atoms with E-state index in [-0.39, 0.29) is 5.57 Å². The van der Waals surface area contributed by atoms with E-state index in [0.29, 0.717) is 10.9 Å². The van der Waals surface area contributed by atoms with Crippen LogP contribution in [0.2, 0.25) is 0 Å². The normalized spacial score (nSPS) is 11.1. The highest BCUT2D eigenvalue weighted by Crippen LogP contribution is 2.27. The van der Waals surface area contributed by atoms with E-state index in [1.165, 1.54) is 11.3 Å². The highest BCUT2D eigenvalue weighted by Gasteiger charge is 2.12. The van der Waals surface area contributed by atoms with Gasteiger partial charge in [0, 0.05) is 22.9 Å². The molecule has 3 aromatic rings. The van der Waals surface area contributed by atoms with Crippen molar-refractivity contribution in [2.45, 2.75) is 11.5 Å². The lowest BCUT2D eigenvalue weighted by molar-refractivity contribution is -0.112. The molecule has 8 heteroatoms. The van der Waals surface area contributed by atoms with Crippen LogP contribution in [0.4, 0.5) is 5.13 Å². The SMILES string of the molecule is COc1ccc(C=C(C#N)C(=O)Nc2nccs2)cc1CSCc1ccco1. The molecule has 1 N–H and O–H groups in total. The Morgan fingerprint density at radius 3 is 3.00 bits per heavy atom. The number of nitrogens with one attached hydrogen (secondary N) is 1. The van der Waals surface area contributed by atoms with Crippen molar-refractivity contribution >= 4 is 40.2 Å². The van der Waals surface area contributed by atoms with Crippen LogP contribution >= 0.6 is 23.1 Å². The third-order valence-electron chi connectivity index (χ3n) is 3.72. The lowest BCUT2D eigenvalue weighted by Crippen LogP contribution is -2.13. The van der Waals surface area contributed by atoms with Gasteiger partial charge in [0.15, 0.2) is 5.13 Å². The zero-order chi connectivity index (χ0) is 19.8. The molecule has 2 heterocycles. The van der Waals surface area contributed by atoms with Gasteiger partial charge in [0.1, 0.15) is 23.2 Å². The number of thiazole rings is 1. The van der Waals surface area contributed by atoms with E-state index >= 15 is 0 Å². The van der Waals surface area contributed by atoms with Crippen molar-refractivity contribution in [3.8, 4) is 11.8 Å². The summed E-state index contributed by atoms with van der Waals surface area (Å²) in [7, 11) is 1.62. The van der Waals surface area contributed by atoms with Crippen molar-refractivity contribution in [2.75, 3.05) is 12.4 Å². The van der Waals surface area contributed by atoms with Crippen molar-refractivity contribution in [1.29, 1.82) is 5.26 Å². The molecule has 1 amide bonds. The number of nitriles is 1. The van der Waals surface area contributed by atoms with E-state index in [1.54, 1.807) is 42.8 Å². The molecule has 0 bridgehead atoms. The molecule has 1 aromatic carbocycles. The van der Waals surface area contributed by atoms with Crippen molar-refractivity contribution in [3.05, 3.63) is 70.6 Å². The number of hydrogen-bond donors (Lipinski definition) is 1. The summed E-state index contributed by atoms with van der Waals surface area (Å²) in [4.78, 5) is 16.3. The van der Waals surface area contributed by atoms with Crippen LogP contribution in [0.3, 0.4) is 0 Å². The summed E-state index contributed by atoms with van der Waals surface area (Å²) in [5.41, 5.74) is 1.74. The smallest absolute Gasteiger partial charge is 0.268 e. The number of carbonyl (C=O) groups is 1. The summed E-state index contributed by atoms with van der Waals surface area (Å²) in [6.07, 6.45) is 4.80. The Bertz CT molecular complexity index is 990. The molecule has 0 aliphatic rings. The zero-order valence-electron chi connectivity index (χ0n) is 15.0. The Balaban J connectivity index is 1.73. The minimum atomic E-state index is -0.484. The molecule has 2 aromatic heterocycles. The van der Waals surface area contributed by atoms with E-state index in [2.05, 4.69) is 10.3 Å². The Morgan fingerprint density at radius 2 is 2.32 bits per heavy atom. The number of anilines is 1. The van der Waals surface area contributed by atoms with Crippen molar-refractivity contribution in [3.63, 3.8) is 0 Å². The van der Waals surface area contributed by atoms with Crippen molar-refractivity contribution in [1.82, 2.24) is 4.98 Å². The summed E-state index contributed by atoms with van der Waals surface area (Å²) in [6.45, 7) is 0. The lowest BCUT2D eigenvalue weighted by atomic mass is 10.1. The van der Waals surface area contributed by atoms with Crippen molar-refractivity contribution < 1.29 is 13.9 Å². The highest BCUT2D eigenvalue weighted by molar-refractivity contribution is 7.97.